The third-order valence-corrected chi connectivity index (χ3v) is 4.33. The van der Waals surface area contributed by atoms with E-state index in [4.69, 9.17) is 0 Å². The van der Waals surface area contributed by atoms with E-state index in [2.05, 4.69) is 47.5 Å². The standard InChI is InChI=1S/C16H24N2/c1-2-16(13-6-4-3-5-7-13)17-14-10-11-18(12-14)15-8-9-15/h3-7,14-17H,2,8-12H2,1H3. The molecule has 1 heterocycles. The highest BCUT2D eigenvalue weighted by Crippen LogP contribution is 2.30. The van der Waals surface area contributed by atoms with Crippen molar-refractivity contribution in [3.63, 3.8) is 0 Å². The predicted molar refractivity (Wildman–Crippen MR) is 75.6 cm³/mol. The Morgan fingerprint density at radius 1 is 1.22 bits per heavy atom. The van der Waals surface area contributed by atoms with E-state index in [0.29, 0.717) is 12.1 Å². The van der Waals surface area contributed by atoms with E-state index in [-0.39, 0.29) is 0 Å². The largest absolute Gasteiger partial charge is 0.306 e. The van der Waals surface area contributed by atoms with Crippen molar-refractivity contribution >= 4 is 0 Å². The van der Waals surface area contributed by atoms with E-state index >= 15 is 0 Å². The highest BCUT2D eigenvalue weighted by atomic mass is 15.2. The van der Waals surface area contributed by atoms with Gasteiger partial charge in [0, 0.05) is 31.2 Å². The molecule has 0 spiro atoms. The number of hydrogen-bond donors (Lipinski definition) is 1. The van der Waals surface area contributed by atoms with Gasteiger partial charge in [-0.25, -0.2) is 0 Å². The minimum atomic E-state index is 0.523. The number of rotatable bonds is 5. The van der Waals surface area contributed by atoms with Gasteiger partial charge >= 0.3 is 0 Å². The zero-order valence-corrected chi connectivity index (χ0v) is 11.3. The van der Waals surface area contributed by atoms with Crippen LogP contribution in [0.4, 0.5) is 0 Å². The first-order valence-corrected chi connectivity index (χ1v) is 7.42. The summed E-state index contributed by atoms with van der Waals surface area (Å²) in [6.45, 7) is 4.83. The zero-order chi connectivity index (χ0) is 12.4. The first-order valence-electron chi connectivity index (χ1n) is 7.42. The third kappa shape index (κ3) is 2.76. The van der Waals surface area contributed by atoms with Gasteiger partial charge in [0.15, 0.2) is 0 Å². The van der Waals surface area contributed by atoms with Crippen LogP contribution in [-0.4, -0.2) is 30.1 Å². The van der Waals surface area contributed by atoms with Crippen molar-refractivity contribution in [2.75, 3.05) is 13.1 Å². The monoisotopic (exact) mass is 244 g/mol. The summed E-state index contributed by atoms with van der Waals surface area (Å²) in [6, 6.07) is 13.0. The van der Waals surface area contributed by atoms with E-state index in [1.54, 1.807) is 0 Å². The molecule has 0 radical (unpaired) electrons. The van der Waals surface area contributed by atoms with Gasteiger partial charge < -0.3 is 5.32 Å². The number of benzene rings is 1. The Balaban J connectivity index is 1.57. The van der Waals surface area contributed by atoms with Crippen LogP contribution >= 0.6 is 0 Å². The SMILES string of the molecule is CCC(NC1CCN(C2CC2)C1)c1ccccc1. The molecule has 1 saturated carbocycles. The molecule has 2 heteroatoms. The quantitative estimate of drug-likeness (QED) is 0.856. The maximum Gasteiger partial charge on any atom is 0.0320 e. The van der Waals surface area contributed by atoms with E-state index in [1.165, 1.54) is 44.3 Å². The lowest BCUT2D eigenvalue weighted by atomic mass is 10.0. The summed E-state index contributed by atoms with van der Waals surface area (Å²) in [7, 11) is 0. The lowest BCUT2D eigenvalue weighted by Gasteiger charge is -2.23. The summed E-state index contributed by atoms with van der Waals surface area (Å²) in [5.74, 6) is 0. The average Bonchev–Trinajstić information content (AvgIpc) is 3.17. The van der Waals surface area contributed by atoms with E-state index in [9.17, 15) is 0 Å². The average molecular weight is 244 g/mol. The molecule has 0 amide bonds. The fourth-order valence-corrected chi connectivity index (χ4v) is 3.11. The van der Waals surface area contributed by atoms with Crippen LogP contribution in [0.5, 0.6) is 0 Å². The van der Waals surface area contributed by atoms with Crippen molar-refractivity contribution in [1.29, 1.82) is 0 Å². The van der Waals surface area contributed by atoms with Gasteiger partial charge in [0.05, 0.1) is 0 Å². The second kappa shape index (κ2) is 5.41. The summed E-state index contributed by atoms with van der Waals surface area (Å²) in [4.78, 5) is 2.68. The molecule has 0 bridgehead atoms. The predicted octanol–water partition coefficient (Wildman–Crippen LogP) is 2.96. The minimum Gasteiger partial charge on any atom is -0.306 e. The van der Waals surface area contributed by atoms with Crippen LogP contribution in [0, 0.1) is 0 Å². The van der Waals surface area contributed by atoms with Gasteiger partial charge in [-0.3, -0.25) is 4.90 Å². The molecule has 0 aromatic heterocycles. The second-order valence-electron chi connectivity index (χ2n) is 5.75. The molecule has 2 unspecified atom stereocenters. The van der Waals surface area contributed by atoms with Crippen molar-refractivity contribution in [3.05, 3.63) is 35.9 Å². The van der Waals surface area contributed by atoms with Crippen molar-refractivity contribution in [1.82, 2.24) is 10.2 Å². The highest BCUT2D eigenvalue weighted by Gasteiger charge is 2.34. The van der Waals surface area contributed by atoms with Crippen LogP contribution in [0.15, 0.2) is 30.3 Å². The first-order chi connectivity index (χ1) is 8.86. The van der Waals surface area contributed by atoms with Crippen molar-refractivity contribution in [3.8, 4) is 0 Å². The minimum absolute atomic E-state index is 0.523. The molecule has 1 aromatic carbocycles. The van der Waals surface area contributed by atoms with Crippen molar-refractivity contribution < 1.29 is 0 Å². The number of hydrogen-bond acceptors (Lipinski definition) is 2. The molecular formula is C16H24N2. The second-order valence-corrected chi connectivity index (χ2v) is 5.75. The van der Waals surface area contributed by atoms with Crippen molar-refractivity contribution in [2.24, 2.45) is 0 Å². The van der Waals surface area contributed by atoms with Crippen molar-refractivity contribution in [2.45, 2.75) is 50.7 Å². The molecule has 1 aromatic rings. The van der Waals surface area contributed by atoms with Crippen LogP contribution in [0.3, 0.4) is 0 Å². The topological polar surface area (TPSA) is 15.3 Å². The Morgan fingerprint density at radius 3 is 2.67 bits per heavy atom. The summed E-state index contributed by atoms with van der Waals surface area (Å²) in [6.07, 6.45) is 5.36. The van der Waals surface area contributed by atoms with Crippen LogP contribution in [0.1, 0.15) is 44.2 Å². The molecular weight excluding hydrogens is 220 g/mol. The van der Waals surface area contributed by atoms with Gasteiger partial charge in [-0.05, 0) is 31.2 Å². The first kappa shape index (κ1) is 12.2. The van der Waals surface area contributed by atoms with E-state index in [0.717, 1.165) is 6.04 Å². The van der Waals surface area contributed by atoms with E-state index in [1.807, 2.05) is 0 Å². The third-order valence-electron chi connectivity index (χ3n) is 4.33. The summed E-state index contributed by atoms with van der Waals surface area (Å²) < 4.78 is 0. The molecule has 2 fully saturated rings. The molecule has 1 N–H and O–H groups in total. The fraction of sp³-hybridized carbons (Fsp3) is 0.625. The normalized spacial score (nSPS) is 26.4. The van der Waals surface area contributed by atoms with Gasteiger partial charge in [0.1, 0.15) is 0 Å². The Labute approximate surface area is 110 Å². The molecule has 1 aliphatic heterocycles. The van der Waals surface area contributed by atoms with Crippen LogP contribution in [0.2, 0.25) is 0 Å². The summed E-state index contributed by atoms with van der Waals surface area (Å²) in [5.41, 5.74) is 1.44. The molecule has 2 atom stereocenters. The molecule has 18 heavy (non-hydrogen) atoms. The molecule has 98 valence electrons. The number of nitrogens with one attached hydrogen (secondary N) is 1. The van der Waals surface area contributed by atoms with E-state index < -0.39 is 0 Å². The fourth-order valence-electron chi connectivity index (χ4n) is 3.11. The maximum atomic E-state index is 3.85. The van der Waals surface area contributed by atoms with Gasteiger partial charge in [-0.15, -0.1) is 0 Å². The summed E-state index contributed by atoms with van der Waals surface area (Å²) in [5, 5.41) is 3.85. The van der Waals surface area contributed by atoms with Crippen LogP contribution < -0.4 is 5.32 Å². The highest BCUT2D eigenvalue weighted by molar-refractivity contribution is 5.19. The molecule has 1 saturated heterocycles. The molecule has 2 aliphatic rings. The van der Waals surface area contributed by atoms with Crippen LogP contribution in [-0.2, 0) is 0 Å². The molecule has 3 rings (SSSR count). The number of nitrogens with zero attached hydrogens (tertiary/aromatic N) is 1. The Kier molecular flexibility index (Phi) is 3.67. The lowest BCUT2D eigenvalue weighted by Crippen LogP contribution is -2.35. The Hall–Kier alpha value is -0.860. The lowest BCUT2D eigenvalue weighted by molar-refractivity contribution is 0.311. The molecule has 2 nitrogen and oxygen atoms in total. The Morgan fingerprint density at radius 2 is 2.00 bits per heavy atom. The van der Waals surface area contributed by atoms with Gasteiger partial charge in [-0.1, -0.05) is 37.3 Å². The van der Waals surface area contributed by atoms with Gasteiger partial charge in [0.25, 0.3) is 0 Å². The van der Waals surface area contributed by atoms with Gasteiger partial charge in [0.2, 0.25) is 0 Å². The Bertz CT molecular complexity index is 372. The smallest absolute Gasteiger partial charge is 0.0320 e. The maximum absolute atomic E-state index is 3.85. The number of likely N-dealkylation sites (tertiary alicyclic amines) is 1. The zero-order valence-electron chi connectivity index (χ0n) is 11.3. The van der Waals surface area contributed by atoms with Crippen LogP contribution in [0.25, 0.3) is 0 Å². The molecule has 1 aliphatic carbocycles. The summed E-state index contributed by atoms with van der Waals surface area (Å²) >= 11 is 0. The van der Waals surface area contributed by atoms with Gasteiger partial charge in [-0.2, -0.15) is 0 Å².